The molecule has 0 radical (unpaired) electrons. The summed E-state index contributed by atoms with van der Waals surface area (Å²) in [7, 11) is 0. The standard InChI is InChI=1S/C11H13NOS/c1-11(2,3)10-7-8(12-14-10)9-5-4-6-13-9/h4-7H,1-3H3. The molecule has 0 saturated heterocycles. The van der Waals surface area contributed by atoms with Crippen LogP contribution in [0.2, 0.25) is 0 Å². The molecule has 0 aliphatic carbocycles. The first-order valence-electron chi connectivity index (χ1n) is 4.58. The van der Waals surface area contributed by atoms with Gasteiger partial charge in [0.1, 0.15) is 5.69 Å². The minimum Gasteiger partial charge on any atom is -0.463 e. The Balaban J connectivity index is 2.36. The quantitative estimate of drug-likeness (QED) is 0.712. The molecule has 0 unspecified atom stereocenters. The van der Waals surface area contributed by atoms with Crippen LogP contribution in [-0.4, -0.2) is 4.37 Å². The highest BCUT2D eigenvalue weighted by molar-refractivity contribution is 7.06. The normalized spacial score (nSPS) is 11.9. The lowest BCUT2D eigenvalue weighted by Crippen LogP contribution is -2.07. The van der Waals surface area contributed by atoms with E-state index in [1.165, 1.54) is 4.88 Å². The van der Waals surface area contributed by atoms with Crippen molar-refractivity contribution >= 4 is 11.5 Å². The lowest BCUT2D eigenvalue weighted by atomic mass is 9.94. The number of nitrogens with zero attached hydrogens (tertiary/aromatic N) is 1. The van der Waals surface area contributed by atoms with Crippen LogP contribution < -0.4 is 0 Å². The van der Waals surface area contributed by atoms with Gasteiger partial charge in [0.2, 0.25) is 0 Å². The maximum absolute atomic E-state index is 5.29. The van der Waals surface area contributed by atoms with Crippen LogP contribution in [0, 0.1) is 0 Å². The topological polar surface area (TPSA) is 26.0 Å². The van der Waals surface area contributed by atoms with Crippen LogP contribution in [0.25, 0.3) is 11.5 Å². The average Bonchev–Trinajstić information content (AvgIpc) is 2.73. The second-order valence-corrected chi connectivity index (χ2v) is 5.11. The van der Waals surface area contributed by atoms with Gasteiger partial charge in [0.15, 0.2) is 5.76 Å². The summed E-state index contributed by atoms with van der Waals surface area (Å²) in [6.07, 6.45) is 1.67. The Morgan fingerprint density at radius 1 is 1.36 bits per heavy atom. The average molecular weight is 207 g/mol. The van der Waals surface area contributed by atoms with Crippen molar-refractivity contribution in [3.8, 4) is 11.5 Å². The maximum atomic E-state index is 5.29. The predicted octanol–water partition coefficient (Wildman–Crippen LogP) is 3.70. The van der Waals surface area contributed by atoms with Crippen LogP contribution in [0.15, 0.2) is 28.9 Å². The van der Waals surface area contributed by atoms with Crippen molar-refractivity contribution in [3.05, 3.63) is 29.3 Å². The molecule has 0 aliphatic heterocycles. The molecule has 2 aromatic heterocycles. The number of hydrogen-bond acceptors (Lipinski definition) is 3. The molecule has 0 aromatic carbocycles. The van der Waals surface area contributed by atoms with Gasteiger partial charge in [0, 0.05) is 4.88 Å². The molecule has 2 rings (SSSR count). The fraction of sp³-hybridized carbons (Fsp3) is 0.364. The van der Waals surface area contributed by atoms with E-state index in [0.717, 1.165) is 11.5 Å². The molecule has 0 bridgehead atoms. The fourth-order valence-electron chi connectivity index (χ4n) is 1.17. The van der Waals surface area contributed by atoms with Gasteiger partial charge in [-0.2, -0.15) is 4.37 Å². The van der Waals surface area contributed by atoms with E-state index < -0.39 is 0 Å². The van der Waals surface area contributed by atoms with Crippen LogP contribution in [0.4, 0.5) is 0 Å². The Kier molecular flexibility index (Phi) is 2.19. The SMILES string of the molecule is CC(C)(C)c1cc(-c2ccco2)ns1. The third-order valence-electron chi connectivity index (χ3n) is 2.02. The van der Waals surface area contributed by atoms with E-state index in [4.69, 9.17) is 4.42 Å². The van der Waals surface area contributed by atoms with Crippen molar-refractivity contribution < 1.29 is 4.42 Å². The van der Waals surface area contributed by atoms with Gasteiger partial charge in [-0.3, -0.25) is 0 Å². The zero-order valence-electron chi connectivity index (χ0n) is 8.57. The van der Waals surface area contributed by atoms with E-state index >= 15 is 0 Å². The highest BCUT2D eigenvalue weighted by Crippen LogP contribution is 2.30. The molecule has 0 N–H and O–H groups in total. The van der Waals surface area contributed by atoms with Crippen LogP contribution >= 0.6 is 11.5 Å². The minimum absolute atomic E-state index is 0.169. The molecular formula is C11H13NOS. The Morgan fingerprint density at radius 2 is 2.14 bits per heavy atom. The molecule has 2 aromatic rings. The molecular weight excluding hydrogens is 194 g/mol. The van der Waals surface area contributed by atoms with E-state index in [9.17, 15) is 0 Å². The van der Waals surface area contributed by atoms with Gasteiger partial charge in [-0.1, -0.05) is 20.8 Å². The van der Waals surface area contributed by atoms with Crippen LogP contribution in [-0.2, 0) is 5.41 Å². The van der Waals surface area contributed by atoms with Gasteiger partial charge < -0.3 is 4.42 Å². The molecule has 0 atom stereocenters. The summed E-state index contributed by atoms with van der Waals surface area (Å²) in [5.74, 6) is 0.844. The molecule has 0 spiro atoms. The Hall–Kier alpha value is -1.09. The summed E-state index contributed by atoms with van der Waals surface area (Å²) >= 11 is 1.54. The van der Waals surface area contributed by atoms with Crippen molar-refractivity contribution in [2.45, 2.75) is 26.2 Å². The Bertz CT molecular complexity index is 409. The van der Waals surface area contributed by atoms with Gasteiger partial charge >= 0.3 is 0 Å². The van der Waals surface area contributed by atoms with Gasteiger partial charge in [-0.25, -0.2) is 0 Å². The molecule has 3 heteroatoms. The molecule has 2 heterocycles. The predicted molar refractivity (Wildman–Crippen MR) is 58.5 cm³/mol. The van der Waals surface area contributed by atoms with Crippen molar-refractivity contribution in [1.82, 2.24) is 4.37 Å². The summed E-state index contributed by atoms with van der Waals surface area (Å²) in [6.45, 7) is 6.56. The smallest absolute Gasteiger partial charge is 0.153 e. The molecule has 0 saturated carbocycles. The van der Waals surface area contributed by atoms with Gasteiger partial charge in [0.05, 0.1) is 6.26 Å². The van der Waals surface area contributed by atoms with E-state index in [-0.39, 0.29) is 5.41 Å². The highest BCUT2D eigenvalue weighted by atomic mass is 32.1. The third kappa shape index (κ3) is 1.73. The van der Waals surface area contributed by atoms with Crippen molar-refractivity contribution in [1.29, 1.82) is 0 Å². The van der Waals surface area contributed by atoms with Gasteiger partial charge in [0.25, 0.3) is 0 Å². The molecule has 0 fully saturated rings. The van der Waals surface area contributed by atoms with Crippen LogP contribution in [0.5, 0.6) is 0 Å². The molecule has 74 valence electrons. The summed E-state index contributed by atoms with van der Waals surface area (Å²) in [5.41, 5.74) is 1.10. The second kappa shape index (κ2) is 3.24. The molecule has 0 amide bonds. The lowest BCUT2D eigenvalue weighted by Gasteiger charge is -2.13. The first-order valence-corrected chi connectivity index (χ1v) is 5.36. The number of hydrogen-bond donors (Lipinski definition) is 0. The first-order chi connectivity index (χ1) is 6.57. The first kappa shape index (κ1) is 9.46. The van der Waals surface area contributed by atoms with E-state index in [2.05, 4.69) is 31.2 Å². The largest absolute Gasteiger partial charge is 0.463 e. The number of rotatable bonds is 1. The summed E-state index contributed by atoms with van der Waals surface area (Å²) in [4.78, 5) is 1.28. The van der Waals surface area contributed by atoms with Crippen molar-refractivity contribution in [3.63, 3.8) is 0 Å². The highest BCUT2D eigenvalue weighted by Gasteiger charge is 2.18. The Morgan fingerprint density at radius 3 is 2.64 bits per heavy atom. The maximum Gasteiger partial charge on any atom is 0.153 e. The number of aromatic nitrogens is 1. The monoisotopic (exact) mass is 207 g/mol. The summed E-state index contributed by atoms with van der Waals surface area (Å²) in [6, 6.07) is 5.91. The van der Waals surface area contributed by atoms with Gasteiger partial charge in [-0.15, -0.1) is 0 Å². The van der Waals surface area contributed by atoms with Crippen LogP contribution in [0.3, 0.4) is 0 Å². The molecule has 2 nitrogen and oxygen atoms in total. The summed E-state index contributed by atoms with van der Waals surface area (Å²) in [5, 5.41) is 0. The zero-order valence-corrected chi connectivity index (χ0v) is 9.39. The zero-order chi connectivity index (χ0) is 10.2. The lowest BCUT2D eigenvalue weighted by molar-refractivity contribution is 0.580. The van der Waals surface area contributed by atoms with Crippen molar-refractivity contribution in [2.75, 3.05) is 0 Å². The van der Waals surface area contributed by atoms with Crippen LogP contribution in [0.1, 0.15) is 25.6 Å². The molecule has 0 aliphatic rings. The third-order valence-corrected chi connectivity index (χ3v) is 3.24. The van der Waals surface area contributed by atoms with Crippen molar-refractivity contribution in [2.24, 2.45) is 0 Å². The van der Waals surface area contributed by atoms with E-state index in [1.54, 1.807) is 17.8 Å². The Labute approximate surface area is 87.7 Å². The van der Waals surface area contributed by atoms with Gasteiger partial charge in [-0.05, 0) is 35.1 Å². The number of furan rings is 1. The molecule has 14 heavy (non-hydrogen) atoms. The minimum atomic E-state index is 0.169. The fourth-order valence-corrected chi connectivity index (χ4v) is 1.95. The summed E-state index contributed by atoms with van der Waals surface area (Å²) < 4.78 is 9.66. The second-order valence-electron chi connectivity index (χ2n) is 4.30. The van der Waals surface area contributed by atoms with E-state index in [0.29, 0.717) is 0 Å². The van der Waals surface area contributed by atoms with E-state index in [1.807, 2.05) is 12.1 Å².